The molecule has 3 rings (SSSR count). The average molecular weight is 202 g/mol. The van der Waals surface area contributed by atoms with Gasteiger partial charge in [0.05, 0.1) is 0 Å². The molecule has 0 aliphatic heterocycles. The number of para-hydroxylation sites is 1. The Morgan fingerprint density at radius 1 is 1.33 bits per heavy atom. The summed E-state index contributed by atoms with van der Waals surface area (Å²) in [7, 11) is 0. The standard InChI is InChI=1S/C12H10O3/c13-12(15-8-5-6-8)10-7-14-11-4-2-1-3-9(10)11/h1-4,7-8H,5-6H2. The van der Waals surface area contributed by atoms with Crippen molar-refractivity contribution in [3.63, 3.8) is 0 Å². The highest BCUT2D eigenvalue weighted by Gasteiger charge is 2.27. The number of carbonyl (C=O) groups excluding carboxylic acids is 1. The van der Waals surface area contributed by atoms with E-state index in [1.165, 1.54) is 6.26 Å². The number of fused-ring (bicyclic) bond motifs is 1. The molecule has 1 aromatic carbocycles. The van der Waals surface area contributed by atoms with Gasteiger partial charge in [0.15, 0.2) is 0 Å². The monoisotopic (exact) mass is 202 g/mol. The topological polar surface area (TPSA) is 39.4 Å². The summed E-state index contributed by atoms with van der Waals surface area (Å²) in [5, 5.41) is 0.822. The van der Waals surface area contributed by atoms with Gasteiger partial charge in [0.1, 0.15) is 23.5 Å². The van der Waals surface area contributed by atoms with Crippen molar-refractivity contribution in [2.75, 3.05) is 0 Å². The number of hydrogen-bond donors (Lipinski definition) is 0. The molecule has 1 aliphatic rings. The molecule has 1 saturated carbocycles. The van der Waals surface area contributed by atoms with E-state index in [0.29, 0.717) is 5.56 Å². The second kappa shape index (κ2) is 3.12. The number of furan rings is 1. The third-order valence-electron chi connectivity index (χ3n) is 2.50. The van der Waals surface area contributed by atoms with Gasteiger partial charge in [0.25, 0.3) is 0 Å². The zero-order valence-electron chi connectivity index (χ0n) is 8.10. The van der Waals surface area contributed by atoms with E-state index < -0.39 is 0 Å². The van der Waals surface area contributed by atoms with Crippen LogP contribution in [0.25, 0.3) is 11.0 Å². The zero-order valence-corrected chi connectivity index (χ0v) is 8.10. The summed E-state index contributed by atoms with van der Waals surface area (Å²) in [6, 6.07) is 7.46. The minimum absolute atomic E-state index is 0.131. The minimum atomic E-state index is -0.276. The molecule has 1 fully saturated rings. The maximum Gasteiger partial charge on any atom is 0.342 e. The summed E-state index contributed by atoms with van der Waals surface area (Å²) in [4.78, 5) is 11.7. The number of ether oxygens (including phenoxy) is 1. The lowest BCUT2D eigenvalue weighted by Crippen LogP contribution is -2.05. The first-order valence-electron chi connectivity index (χ1n) is 5.02. The van der Waals surface area contributed by atoms with Gasteiger partial charge in [0, 0.05) is 5.39 Å². The normalized spacial score (nSPS) is 15.5. The second-order valence-corrected chi connectivity index (χ2v) is 3.75. The van der Waals surface area contributed by atoms with E-state index in [9.17, 15) is 4.79 Å². The fourth-order valence-corrected chi connectivity index (χ4v) is 1.54. The van der Waals surface area contributed by atoms with E-state index in [-0.39, 0.29) is 12.1 Å². The van der Waals surface area contributed by atoms with E-state index in [2.05, 4.69) is 0 Å². The first kappa shape index (κ1) is 8.53. The Hall–Kier alpha value is -1.77. The molecule has 0 bridgehead atoms. The van der Waals surface area contributed by atoms with Crippen molar-refractivity contribution in [1.82, 2.24) is 0 Å². The summed E-state index contributed by atoms with van der Waals surface area (Å²) < 4.78 is 10.5. The molecular weight excluding hydrogens is 192 g/mol. The molecule has 0 unspecified atom stereocenters. The summed E-state index contributed by atoms with van der Waals surface area (Å²) in [5.74, 6) is -0.276. The third kappa shape index (κ3) is 1.50. The molecule has 1 aromatic heterocycles. The second-order valence-electron chi connectivity index (χ2n) is 3.75. The van der Waals surface area contributed by atoms with Crippen molar-refractivity contribution in [2.45, 2.75) is 18.9 Å². The number of carbonyl (C=O) groups is 1. The van der Waals surface area contributed by atoms with Gasteiger partial charge in [-0.2, -0.15) is 0 Å². The van der Waals surface area contributed by atoms with E-state index in [4.69, 9.17) is 9.15 Å². The fourth-order valence-electron chi connectivity index (χ4n) is 1.54. The van der Waals surface area contributed by atoms with Crippen LogP contribution in [0.4, 0.5) is 0 Å². The van der Waals surface area contributed by atoms with Gasteiger partial charge in [-0.3, -0.25) is 0 Å². The predicted molar refractivity (Wildman–Crippen MR) is 54.7 cm³/mol. The number of hydrogen-bond acceptors (Lipinski definition) is 3. The SMILES string of the molecule is O=C(OC1CC1)c1coc2ccccc12. The fraction of sp³-hybridized carbons (Fsp3) is 0.250. The van der Waals surface area contributed by atoms with Gasteiger partial charge in [0.2, 0.25) is 0 Å². The zero-order chi connectivity index (χ0) is 10.3. The van der Waals surface area contributed by atoms with Crippen LogP contribution >= 0.6 is 0 Å². The average Bonchev–Trinajstić information content (AvgIpc) is 2.96. The smallest absolute Gasteiger partial charge is 0.342 e. The number of rotatable bonds is 2. The quantitative estimate of drug-likeness (QED) is 0.703. The summed E-state index contributed by atoms with van der Waals surface area (Å²) in [5.41, 5.74) is 1.25. The molecule has 0 radical (unpaired) electrons. The van der Waals surface area contributed by atoms with Gasteiger partial charge in [-0.25, -0.2) is 4.79 Å². The van der Waals surface area contributed by atoms with Crippen molar-refractivity contribution in [1.29, 1.82) is 0 Å². The first-order valence-corrected chi connectivity index (χ1v) is 5.02. The van der Waals surface area contributed by atoms with Crippen molar-refractivity contribution in [3.8, 4) is 0 Å². The molecule has 76 valence electrons. The van der Waals surface area contributed by atoms with Crippen LogP contribution in [0.1, 0.15) is 23.2 Å². The number of esters is 1. The van der Waals surface area contributed by atoms with Gasteiger partial charge >= 0.3 is 5.97 Å². The Labute approximate surface area is 86.6 Å². The lowest BCUT2D eigenvalue weighted by atomic mass is 10.2. The van der Waals surface area contributed by atoms with Crippen molar-refractivity contribution < 1.29 is 13.9 Å². The van der Waals surface area contributed by atoms with E-state index in [1.807, 2.05) is 24.3 Å². The summed E-state index contributed by atoms with van der Waals surface area (Å²) >= 11 is 0. The van der Waals surface area contributed by atoms with Crippen LogP contribution in [0.3, 0.4) is 0 Å². The third-order valence-corrected chi connectivity index (χ3v) is 2.50. The van der Waals surface area contributed by atoms with Crippen LogP contribution in [0.2, 0.25) is 0 Å². The van der Waals surface area contributed by atoms with Crippen molar-refractivity contribution in [3.05, 3.63) is 36.1 Å². The largest absolute Gasteiger partial charge is 0.463 e. The number of benzene rings is 1. The first-order chi connectivity index (χ1) is 7.34. The lowest BCUT2D eigenvalue weighted by Gasteiger charge is -1.99. The highest BCUT2D eigenvalue weighted by Crippen LogP contribution is 2.27. The molecule has 0 spiro atoms. The van der Waals surface area contributed by atoms with Crippen LogP contribution in [0.5, 0.6) is 0 Å². The summed E-state index contributed by atoms with van der Waals surface area (Å²) in [6.45, 7) is 0. The van der Waals surface area contributed by atoms with Crippen LogP contribution in [0.15, 0.2) is 34.9 Å². The van der Waals surface area contributed by atoms with Gasteiger partial charge in [-0.1, -0.05) is 18.2 Å². The molecule has 1 heterocycles. The Bertz CT molecular complexity index is 508. The Kier molecular flexibility index (Phi) is 1.78. The molecule has 15 heavy (non-hydrogen) atoms. The summed E-state index contributed by atoms with van der Waals surface area (Å²) in [6.07, 6.45) is 3.57. The molecule has 1 aliphatic carbocycles. The van der Waals surface area contributed by atoms with Crippen LogP contribution in [-0.2, 0) is 4.74 Å². The molecular formula is C12H10O3. The maximum atomic E-state index is 11.7. The van der Waals surface area contributed by atoms with Gasteiger partial charge in [-0.15, -0.1) is 0 Å². The predicted octanol–water partition coefficient (Wildman–Crippen LogP) is 2.75. The molecule has 3 nitrogen and oxygen atoms in total. The van der Waals surface area contributed by atoms with Crippen molar-refractivity contribution >= 4 is 16.9 Å². The minimum Gasteiger partial charge on any atom is -0.463 e. The maximum absolute atomic E-state index is 11.7. The molecule has 0 saturated heterocycles. The van der Waals surface area contributed by atoms with Crippen LogP contribution in [0, 0.1) is 0 Å². The molecule has 0 amide bonds. The Morgan fingerprint density at radius 3 is 2.93 bits per heavy atom. The van der Waals surface area contributed by atoms with Gasteiger partial charge in [-0.05, 0) is 18.9 Å². The molecule has 2 aromatic rings. The van der Waals surface area contributed by atoms with E-state index in [1.54, 1.807) is 0 Å². The van der Waals surface area contributed by atoms with Crippen molar-refractivity contribution in [2.24, 2.45) is 0 Å². The highest BCUT2D eigenvalue weighted by atomic mass is 16.5. The Balaban J connectivity index is 1.98. The van der Waals surface area contributed by atoms with Crippen LogP contribution < -0.4 is 0 Å². The van der Waals surface area contributed by atoms with E-state index in [0.717, 1.165) is 23.8 Å². The lowest BCUT2D eigenvalue weighted by molar-refractivity contribution is 0.0473. The van der Waals surface area contributed by atoms with Gasteiger partial charge < -0.3 is 9.15 Å². The molecule has 0 atom stereocenters. The highest BCUT2D eigenvalue weighted by molar-refractivity contribution is 6.03. The van der Waals surface area contributed by atoms with E-state index >= 15 is 0 Å². The Morgan fingerprint density at radius 2 is 2.13 bits per heavy atom. The van der Waals surface area contributed by atoms with Crippen LogP contribution in [-0.4, -0.2) is 12.1 Å². The molecule has 3 heteroatoms. The molecule has 0 N–H and O–H groups in total.